The molecule has 3 atom stereocenters. The van der Waals surface area contributed by atoms with Crippen molar-refractivity contribution in [3.63, 3.8) is 0 Å². The van der Waals surface area contributed by atoms with E-state index < -0.39 is 0 Å². The first kappa shape index (κ1) is 22.7. The van der Waals surface area contributed by atoms with Gasteiger partial charge in [0.25, 0.3) is 0 Å². The molecule has 0 aliphatic heterocycles. The van der Waals surface area contributed by atoms with Crippen molar-refractivity contribution in [3.8, 4) is 0 Å². The summed E-state index contributed by atoms with van der Waals surface area (Å²) in [5.41, 5.74) is 9.14. The molecule has 1 saturated carbocycles. The topological polar surface area (TPSA) is 82.2 Å². The Kier molecular flexibility index (Phi) is 8.34. The molecule has 0 spiro atoms. The van der Waals surface area contributed by atoms with Crippen LogP contribution in [0.1, 0.15) is 30.7 Å². The van der Waals surface area contributed by atoms with Crippen molar-refractivity contribution in [1.82, 2.24) is 14.9 Å². The van der Waals surface area contributed by atoms with Crippen LogP contribution in [0.4, 0.5) is 0 Å². The van der Waals surface area contributed by atoms with Gasteiger partial charge in [-0.2, -0.15) is 0 Å². The molecule has 0 bridgehead atoms. The zero-order valence-electron chi connectivity index (χ0n) is 15.4. The number of carbonyl (C=O) groups is 1. The quantitative estimate of drug-likeness (QED) is 0.822. The van der Waals surface area contributed by atoms with Crippen LogP contribution in [0.25, 0.3) is 11.0 Å². The fourth-order valence-corrected chi connectivity index (χ4v) is 3.47. The van der Waals surface area contributed by atoms with Crippen LogP contribution in [0.15, 0.2) is 18.2 Å². The number of aryl methyl sites for hydroxylation is 2. The molecule has 8 heteroatoms. The highest BCUT2D eigenvalue weighted by molar-refractivity contribution is 5.85. The van der Waals surface area contributed by atoms with Gasteiger partial charge in [-0.3, -0.25) is 4.79 Å². The Morgan fingerprint density at radius 3 is 2.81 bits per heavy atom. The van der Waals surface area contributed by atoms with Crippen LogP contribution in [0.3, 0.4) is 0 Å². The van der Waals surface area contributed by atoms with E-state index >= 15 is 0 Å². The molecular weight excluding hydrogens is 375 g/mol. The van der Waals surface area contributed by atoms with E-state index in [4.69, 9.17) is 10.5 Å². The predicted octanol–water partition coefficient (Wildman–Crippen LogP) is 2.48. The molecule has 1 heterocycles. The van der Waals surface area contributed by atoms with Gasteiger partial charge in [0, 0.05) is 32.7 Å². The van der Waals surface area contributed by atoms with Crippen molar-refractivity contribution >= 4 is 41.8 Å². The van der Waals surface area contributed by atoms with E-state index in [2.05, 4.69) is 20.9 Å². The summed E-state index contributed by atoms with van der Waals surface area (Å²) in [7, 11) is 3.67. The van der Waals surface area contributed by atoms with E-state index in [1.807, 2.05) is 26.1 Å². The van der Waals surface area contributed by atoms with Crippen LogP contribution in [-0.4, -0.2) is 34.7 Å². The molecule has 2 aromatic rings. The Bertz CT molecular complexity index is 750. The summed E-state index contributed by atoms with van der Waals surface area (Å²) in [5, 5.41) is 3.04. The molecule has 1 aromatic heterocycles. The number of benzene rings is 1. The number of halogens is 2. The minimum absolute atomic E-state index is 0. The lowest BCUT2D eigenvalue weighted by Gasteiger charge is -2.32. The van der Waals surface area contributed by atoms with Gasteiger partial charge in [0.15, 0.2) is 0 Å². The van der Waals surface area contributed by atoms with Gasteiger partial charge in [-0.15, -0.1) is 24.8 Å². The molecule has 6 nitrogen and oxygen atoms in total. The van der Waals surface area contributed by atoms with Gasteiger partial charge >= 0.3 is 0 Å². The molecule has 1 aliphatic rings. The SMILES string of the molecule is CO[C@@H]1C[C@@H](C(=O)NCc2ccc3c(c2)nc(C)n3C)CC[C@H]1N.Cl.Cl. The lowest BCUT2D eigenvalue weighted by molar-refractivity contribution is -0.128. The maximum absolute atomic E-state index is 12.4. The van der Waals surface area contributed by atoms with Crippen molar-refractivity contribution in [3.05, 3.63) is 29.6 Å². The van der Waals surface area contributed by atoms with Crippen LogP contribution in [0.2, 0.25) is 0 Å². The number of methoxy groups -OCH3 is 1. The van der Waals surface area contributed by atoms with Gasteiger partial charge in [-0.25, -0.2) is 4.98 Å². The lowest BCUT2D eigenvalue weighted by Crippen LogP contribution is -2.45. The first-order chi connectivity index (χ1) is 11.5. The van der Waals surface area contributed by atoms with Crippen molar-refractivity contribution in [2.75, 3.05) is 7.11 Å². The van der Waals surface area contributed by atoms with Crippen LogP contribution in [0.5, 0.6) is 0 Å². The zero-order chi connectivity index (χ0) is 17.3. The highest BCUT2D eigenvalue weighted by Crippen LogP contribution is 2.25. The van der Waals surface area contributed by atoms with E-state index in [1.165, 1.54) is 0 Å². The average Bonchev–Trinajstić information content (AvgIpc) is 2.87. The second-order valence-corrected chi connectivity index (χ2v) is 6.71. The number of carbonyl (C=O) groups excluding carboxylic acids is 1. The molecule has 146 valence electrons. The summed E-state index contributed by atoms with van der Waals surface area (Å²) in [6.07, 6.45) is 2.32. The first-order valence-electron chi connectivity index (χ1n) is 8.47. The largest absolute Gasteiger partial charge is 0.380 e. The van der Waals surface area contributed by atoms with Crippen LogP contribution >= 0.6 is 24.8 Å². The molecular formula is C18H28Cl2N4O2. The first-order valence-corrected chi connectivity index (χ1v) is 8.47. The maximum atomic E-state index is 12.4. The Morgan fingerprint density at radius 2 is 2.12 bits per heavy atom. The number of hydrogen-bond acceptors (Lipinski definition) is 4. The van der Waals surface area contributed by atoms with E-state index in [9.17, 15) is 4.79 Å². The van der Waals surface area contributed by atoms with Gasteiger partial charge in [0.1, 0.15) is 5.82 Å². The monoisotopic (exact) mass is 402 g/mol. The summed E-state index contributed by atoms with van der Waals surface area (Å²) >= 11 is 0. The standard InChI is InChI=1S/C18H26N4O2.2ClH/c1-11-21-15-8-12(4-7-16(15)22(11)2)10-20-18(23)13-5-6-14(19)17(9-13)24-3;;/h4,7-8,13-14,17H,5-6,9-10,19H2,1-3H3,(H,20,23);2*1H/t13-,14+,17+;;/m0../s1. The molecule has 26 heavy (non-hydrogen) atoms. The highest BCUT2D eigenvalue weighted by Gasteiger charge is 2.31. The number of imidazole rings is 1. The van der Waals surface area contributed by atoms with E-state index in [-0.39, 0.29) is 48.8 Å². The summed E-state index contributed by atoms with van der Waals surface area (Å²) in [5.74, 6) is 1.05. The summed E-state index contributed by atoms with van der Waals surface area (Å²) in [4.78, 5) is 17.0. The molecule has 1 amide bonds. The fourth-order valence-electron chi connectivity index (χ4n) is 3.47. The van der Waals surface area contributed by atoms with Crippen LogP contribution in [-0.2, 0) is 23.1 Å². The van der Waals surface area contributed by atoms with Crippen LogP contribution in [0, 0.1) is 12.8 Å². The Balaban J connectivity index is 0.00000169. The van der Waals surface area contributed by atoms with Gasteiger partial charge in [0.05, 0.1) is 17.1 Å². The van der Waals surface area contributed by atoms with Gasteiger partial charge in [0.2, 0.25) is 5.91 Å². The number of nitrogens with two attached hydrogens (primary N) is 1. The Labute approximate surface area is 166 Å². The van der Waals surface area contributed by atoms with E-state index in [1.54, 1.807) is 7.11 Å². The van der Waals surface area contributed by atoms with Crippen molar-refractivity contribution < 1.29 is 9.53 Å². The van der Waals surface area contributed by atoms with Gasteiger partial charge in [-0.05, 0) is 43.9 Å². The lowest BCUT2D eigenvalue weighted by atomic mass is 9.83. The second kappa shape index (κ2) is 9.55. The summed E-state index contributed by atoms with van der Waals surface area (Å²) in [6, 6.07) is 6.17. The highest BCUT2D eigenvalue weighted by atomic mass is 35.5. The van der Waals surface area contributed by atoms with Gasteiger partial charge < -0.3 is 20.4 Å². The molecule has 0 unspecified atom stereocenters. The number of hydrogen-bond donors (Lipinski definition) is 2. The molecule has 1 aromatic carbocycles. The molecule has 0 radical (unpaired) electrons. The fraction of sp³-hybridized carbons (Fsp3) is 0.556. The number of nitrogens with one attached hydrogen (secondary N) is 1. The maximum Gasteiger partial charge on any atom is 0.223 e. The van der Waals surface area contributed by atoms with E-state index in [0.717, 1.165) is 35.3 Å². The summed E-state index contributed by atoms with van der Waals surface area (Å²) < 4.78 is 7.46. The Hall–Kier alpha value is -1.34. The number of nitrogens with zero attached hydrogens (tertiary/aromatic N) is 2. The summed E-state index contributed by atoms with van der Waals surface area (Å²) in [6.45, 7) is 2.51. The second-order valence-electron chi connectivity index (χ2n) is 6.71. The van der Waals surface area contributed by atoms with E-state index in [0.29, 0.717) is 13.0 Å². The van der Waals surface area contributed by atoms with Crippen LogP contribution < -0.4 is 11.1 Å². The third-order valence-electron chi connectivity index (χ3n) is 5.15. The third kappa shape index (κ3) is 4.68. The number of fused-ring (bicyclic) bond motifs is 1. The minimum Gasteiger partial charge on any atom is -0.380 e. The zero-order valence-corrected chi connectivity index (χ0v) is 17.0. The third-order valence-corrected chi connectivity index (χ3v) is 5.15. The molecule has 3 rings (SSSR count). The number of rotatable bonds is 4. The number of amides is 1. The molecule has 3 N–H and O–H groups in total. The number of aromatic nitrogens is 2. The molecule has 1 aliphatic carbocycles. The molecule has 0 saturated heterocycles. The van der Waals surface area contributed by atoms with Crippen molar-refractivity contribution in [1.29, 1.82) is 0 Å². The van der Waals surface area contributed by atoms with Crippen molar-refractivity contribution in [2.24, 2.45) is 18.7 Å². The van der Waals surface area contributed by atoms with Crippen molar-refractivity contribution in [2.45, 2.75) is 44.9 Å². The normalized spacial score (nSPS) is 22.4. The average molecular weight is 403 g/mol. The van der Waals surface area contributed by atoms with Gasteiger partial charge in [-0.1, -0.05) is 6.07 Å². The predicted molar refractivity (Wildman–Crippen MR) is 108 cm³/mol. The smallest absolute Gasteiger partial charge is 0.223 e. The number of ether oxygens (including phenoxy) is 1. The minimum atomic E-state index is -0.0256. The molecule has 1 fully saturated rings. The Morgan fingerprint density at radius 1 is 1.38 bits per heavy atom.